The molecule has 0 atom stereocenters. The van der Waals surface area contributed by atoms with Crippen molar-refractivity contribution in [3.8, 4) is 11.4 Å². The summed E-state index contributed by atoms with van der Waals surface area (Å²) in [5, 5.41) is 2.54. The first-order valence-electron chi connectivity index (χ1n) is 8.98. The summed E-state index contributed by atoms with van der Waals surface area (Å²) in [7, 11) is 0. The molecule has 126 valence electrons. The number of fused-ring (bicyclic) bond motifs is 2. The van der Waals surface area contributed by atoms with Crippen LogP contribution in [0.25, 0.3) is 33.2 Å². The minimum atomic E-state index is 1.20. The second-order valence-electron chi connectivity index (χ2n) is 6.85. The van der Waals surface area contributed by atoms with E-state index in [1.54, 1.807) is 0 Å². The van der Waals surface area contributed by atoms with Crippen molar-refractivity contribution >= 4 is 21.8 Å². The molecule has 0 aliphatic heterocycles. The second kappa shape index (κ2) is 5.63. The van der Waals surface area contributed by atoms with Gasteiger partial charge in [0.2, 0.25) is 0 Å². The monoisotopic (exact) mass is 336 g/mol. The maximum Gasteiger partial charge on any atom is 0.0699 e. The van der Waals surface area contributed by atoms with E-state index in [1.807, 2.05) is 0 Å². The normalized spacial score (nSPS) is 11.5. The Labute approximate surface area is 152 Å². The molecule has 0 bridgehead atoms. The average molecular weight is 336 g/mol. The molecule has 0 N–H and O–H groups in total. The Balaban J connectivity index is 1.86. The highest BCUT2D eigenvalue weighted by atomic mass is 15.1. The highest BCUT2D eigenvalue weighted by Gasteiger charge is 2.14. The van der Waals surface area contributed by atoms with Gasteiger partial charge in [0, 0.05) is 22.2 Å². The minimum absolute atomic E-state index is 1.20. The Morgan fingerprint density at radius 1 is 0.500 bits per heavy atom. The molecule has 26 heavy (non-hydrogen) atoms. The first-order chi connectivity index (χ1) is 12.7. The number of aryl methyl sites for hydroxylation is 2. The van der Waals surface area contributed by atoms with E-state index < -0.39 is 0 Å². The van der Waals surface area contributed by atoms with Crippen LogP contribution in [0, 0.1) is 13.8 Å². The highest BCUT2D eigenvalue weighted by molar-refractivity contribution is 5.86. The van der Waals surface area contributed by atoms with Gasteiger partial charge >= 0.3 is 0 Å². The molecule has 0 aliphatic rings. The van der Waals surface area contributed by atoms with Gasteiger partial charge in [0.15, 0.2) is 0 Å². The Morgan fingerprint density at radius 2 is 0.885 bits per heavy atom. The number of aromatic nitrogens is 2. The quantitative estimate of drug-likeness (QED) is 0.364. The third kappa shape index (κ3) is 2.12. The molecule has 0 amide bonds. The number of rotatable bonds is 2. The van der Waals surface area contributed by atoms with Crippen LogP contribution in [0.1, 0.15) is 11.4 Å². The van der Waals surface area contributed by atoms with Crippen LogP contribution in [0.2, 0.25) is 0 Å². The van der Waals surface area contributed by atoms with E-state index in [2.05, 4.69) is 108 Å². The lowest BCUT2D eigenvalue weighted by atomic mass is 10.2. The first-order valence-corrected chi connectivity index (χ1v) is 8.98. The summed E-state index contributed by atoms with van der Waals surface area (Å²) in [6, 6.07) is 30.3. The maximum absolute atomic E-state index is 2.36. The van der Waals surface area contributed by atoms with E-state index in [-0.39, 0.29) is 0 Å². The van der Waals surface area contributed by atoms with Crippen LogP contribution >= 0.6 is 0 Å². The summed E-state index contributed by atoms with van der Waals surface area (Å²) in [5.74, 6) is 0. The van der Waals surface area contributed by atoms with Gasteiger partial charge in [-0.3, -0.25) is 0 Å². The van der Waals surface area contributed by atoms with E-state index in [1.165, 1.54) is 44.6 Å². The molecule has 0 saturated carbocycles. The molecular weight excluding hydrogens is 316 g/mol. The number of para-hydroxylation sites is 4. The molecule has 5 rings (SSSR count). The smallest absolute Gasteiger partial charge is 0.0699 e. The van der Waals surface area contributed by atoms with Gasteiger partial charge < -0.3 is 9.13 Å². The van der Waals surface area contributed by atoms with Crippen molar-refractivity contribution in [2.75, 3.05) is 0 Å². The zero-order valence-electron chi connectivity index (χ0n) is 15.0. The molecule has 0 aliphatic carbocycles. The fourth-order valence-corrected chi connectivity index (χ4v) is 4.07. The van der Waals surface area contributed by atoms with Gasteiger partial charge in [0.25, 0.3) is 0 Å². The average Bonchev–Trinajstić information content (AvgIpc) is 3.17. The van der Waals surface area contributed by atoms with Crippen molar-refractivity contribution in [2.24, 2.45) is 0 Å². The van der Waals surface area contributed by atoms with Gasteiger partial charge in [-0.2, -0.15) is 0 Å². The van der Waals surface area contributed by atoms with Crippen molar-refractivity contribution in [3.05, 3.63) is 96.3 Å². The van der Waals surface area contributed by atoms with Crippen LogP contribution < -0.4 is 0 Å². The highest BCUT2D eigenvalue weighted by Crippen LogP contribution is 2.31. The van der Waals surface area contributed by atoms with E-state index >= 15 is 0 Å². The molecule has 0 unspecified atom stereocenters. The van der Waals surface area contributed by atoms with Crippen molar-refractivity contribution in [1.29, 1.82) is 0 Å². The Kier molecular flexibility index (Phi) is 3.26. The molecule has 0 fully saturated rings. The molecule has 2 nitrogen and oxygen atoms in total. The van der Waals surface area contributed by atoms with Gasteiger partial charge in [0.05, 0.1) is 22.4 Å². The topological polar surface area (TPSA) is 9.86 Å². The van der Waals surface area contributed by atoms with E-state index in [0.717, 1.165) is 0 Å². The molecular formula is C24H20N2. The Morgan fingerprint density at radius 3 is 1.35 bits per heavy atom. The standard InChI is InChI=1S/C24H20N2/c1-17-15-19-9-3-5-11-21(19)25(17)23-13-7-8-14-24(23)26-18(2)16-20-10-4-6-12-22(20)26/h3-16H,1-2H3. The Bertz CT molecular complexity index is 1150. The van der Waals surface area contributed by atoms with E-state index in [4.69, 9.17) is 0 Å². The summed E-state index contributed by atoms with van der Waals surface area (Å²) in [5.41, 5.74) is 7.38. The lowest BCUT2D eigenvalue weighted by molar-refractivity contribution is 0.986. The van der Waals surface area contributed by atoms with Crippen molar-refractivity contribution < 1.29 is 0 Å². The Hall–Kier alpha value is -3.26. The molecule has 2 heterocycles. The zero-order chi connectivity index (χ0) is 17.7. The predicted octanol–water partition coefficient (Wildman–Crippen LogP) is 6.19. The summed E-state index contributed by atoms with van der Waals surface area (Å²) in [6.07, 6.45) is 0. The molecule has 0 radical (unpaired) electrons. The fourth-order valence-electron chi connectivity index (χ4n) is 4.07. The molecule has 2 aromatic heterocycles. The van der Waals surface area contributed by atoms with E-state index in [9.17, 15) is 0 Å². The van der Waals surface area contributed by atoms with Crippen LogP contribution in [-0.4, -0.2) is 9.13 Å². The molecule has 2 heteroatoms. The third-order valence-electron chi connectivity index (χ3n) is 5.15. The van der Waals surface area contributed by atoms with Crippen molar-refractivity contribution in [1.82, 2.24) is 9.13 Å². The van der Waals surface area contributed by atoms with Gasteiger partial charge in [-0.25, -0.2) is 0 Å². The van der Waals surface area contributed by atoms with Crippen LogP contribution in [0.15, 0.2) is 84.9 Å². The van der Waals surface area contributed by atoms with Gasteiger partial charge in [-0.1, -0.05) is 48.5 Å². The molecule has 0 spiro atoms. The first kappa shape index (κ1) is 15.0. The van der Waals surface area contributed by atoms with Crippen LogP contribution in [0.3, 0.4) is 0 Å². The summed E-state index contributed by atoms with van der Waals surface area (Å²) < 4.78 is 4.72. The van der Waals surface area contributed by atoms with Gasteiger partial charge in [-0.05, 0) is 50.2 Å². The number of nitrogens with zero attached hydrogens (tertiary/aromatic N) is 2. The predicted molar refractivity (Wildman–Crippen MR) is 110 cm³/mol. The largest absolute Gasteiger partial charge is 0.312 e. The van der Waals surface area contributed by atoms with Crippen molar-refractivity contribution in [3.63, 3.8) is 0 Å². The minimum Gasteiger partial charge on any atom is -0.312 e. The van der Waals surface area contributed by atoms with E-state index in [0.29, 0.717) is 0 Å². The SMILES string of the molecule is Cc1cc2ccccc2n1-c1ccccc1-n1c(C)cc2ccccc21. The molecule has 0 saturated heterocycles. The van der Waals surface area contributed by atoms with Gasteiger partial charge in [0.1, 0.15) is 0 Å². The molecule has 3 aromatic carbocycles. The summed E-state index contributed by atoms with van der Waals surface area (Å²) >= 11 is 0. The zero-order valence-corrected chi connectivity index (χ0v) is 15.0. The van der Waals surface area contributed by atoms with Crippen molar-refractivity contribution in [2.45, 2.75) is 13.8 Å². The van der Waals surface area contributed by atoms with Crippen LogP contribution in [0.5, 0.6) is 0 Å². The molecule has 5 aromatic rings. The van der Waals surface area contributed by atoms with Crippen LogP contribution in [-0.2, 0) is 0 Å². The fraction of sp³-hybridized carbons (Fsp3) is 0.0833. The van der Waals surface area contributed by atoms with Gasteiger partial charge in [-0.15, -0.1) is 0 Å². The number of hydrogen-bond acceptors (Lipinski definition) is 0. The number of benzene rings is 3. The summed E-state index contributed by atoms with van der Waals surface area (Å²) in [6.45, 7) is 4.36. The van der Waals surface area contributed by atoms with Crippen LogP contribution in [0.4, 0.5) is 0 Å². The second-order valence-corrected chi connectivity index (χ2v) is 6.85. The summed E-state index contributed by atoms with van der Waals surface area (Å²) in [4.78, 5) is 0. The third-order valence-corrected chi connectivity index (χ3v) is 5.15. The maximum atomic E-state index is 2.36. The number of hydrogen-bond donors (Lipinski definition) is 0. The lowest BCUT2D eigenvalue weighted by Crippen LogP contribution is -2.05. The lowest BCUT2D eigenvalue weighted by Gasteiger charge is -2.17.